The van der Waals surface area contributed by atoms with E-state index in [2.05, 4.69) is 4.90 Å². The van der Waals surface area contributed by atoms with Crippen molar-refractivity contribution < 1.29 is 13.5 Å². The maximum absolute atomic E-state index is 11.2. The van der Waals surface area contributed by atoms with Crippen LogP contribution in [0.25, 0.3) is 0 Å². The lowest BCUT2D eigenvalue weighted by Crippen LogP contribution is -2.41. The monoisotopic (exact) mass is 205 g/mol. The quantitative estimate of drug-likeness (QED) is 0.611. The topological polar surface area (TPSA) is 57.6 Å². The summed E-state index contributed by atoms with van der Waals surface area (Å²) in [7, 11) is -2.97. The van der Waals surface area contributed by atoms with E-state index in [1.54, 1.807) is 0 Å². The summed E-state index contributed by atoms with van der Waals surface area (Å²) in [5, 5.41) is 9.56. The summed E-state index contributed by atoms with van der Waals surface area (Å²) in [4.78, 5) is 2.11. The fraction of sp³-hybridized carbons (Fsp3) is 1.00. The zero-order valence-corrected chi connectivity index (χ0v) is 8.33. The highest BCUT2D eigenvalue weighted by Gasteiger charge is 2.40. The van der Waals surface area contributed by atoms with Gasteiger partial charge in [-0.2, -0.15) is 0 Å². The van der Waals surface area contributed by atoms with Gasteiger partial charge in [0.1, 0.15) is 0 Å². The first-order valence-corrected chi connectivity index (χ1v) is 6.53. The van der Waals surface area contributed by atoms with Crippen LogP contribution in [0.3, 0.4) is 0 Å². The molecule has 2 rings (SSSR count). The minimum Gasteiger partial charge on any atom is -0.390 e. The molecule has 1 N–H and O–H groups in total. The molecular formula is C8H15NO3S. The molecule has 0 aliphatic carbocycles. The number of nitrogens with zero attached hydrogens (tertiary/aromatic N) is 1. The van der Waals surface area contributed by atoms with Gasteiger partial charge >= 0.3 is 0 Å². The van der Waals surface area contributed by atoms with Gasteiger partial charge in [0.25, 0.3) is 0 Å². The standard InChI is InChI=1S/C8H15NO3S/c10-8-6-13(11,12)5-7(8)9-3-1-2-4-9/h7-8,10H,1-6H2. The SMILES string of the molecule is O=S1(=O)CC(O)C(N2CCCC2)C1. The van der Waals surface area contributed by atoms with E-state index >= 15 is 0 Å². The molecule has 4 nitrogen and oxygen atoms in total. The summed E-state index contributed by atoms with van der Waals surface area (Å²) in [6.07, 6.45) is 1.59. The number of hydrogen-bond donors (Lipinski definition) is 1. The first kappa shape index (κ1) is 9.43. The van der Waals surface area contributed by atoms with Gasteiger partial charge in [-0.05, 0) is 25.9 Å². The average molecular weight is 205 g/mol. The van der Waals surface area contributed by atoms with Crippen molar-refractivity contribution in [2.75, 3.05) is 24.6 Å². The van der Waals surface area contributed by atoms with Crippen LogP contribution >= 0.6 is 0 Å². The Morgan fingerprint density at radius 2 is 1.77 bits per heavy atom. The summed E-state index contributed by atoms with van der Waals surface area (Å²) in [6, 6.07) is -0.132. The third kappa shape index (κ3) is 1.87. The van der Waals surface area contributed by atoms with Crippen LogP contribution < -0.4 is 0 Å². The van der Waals surface area contributed by atoms with Gasteiger partial charge in [0.2, 0.25) is 0 Å². The van der Waals surface area contributed by atoms with Gasteiger partial charge in [-0.15, -0.1) is 0 Å². The largest absolute Gasteiger partial charge is 0.390 e. The molecule has 2 saturated heterocycles. The van der Waals surface area contributed by atoms with Gasteiger partial charge in [0.05, 0.1) is 23.7 Å². The molecule has 2 aliphatic rings. The summed E-state index contributed by atoms with van der Waals surface area (Å²) in [6.45, 7) is 1.88. The predicted octanol–water partition coefficient (Wildman–Crippen LogP) is -0.760. The lowest BCUT2D eigenvalue weighted by molar-refractivity contribution is 0.0988. The second-order valence-electron chi connectivity index (χ2n) is 3.95. The molecule has 76 valence electrons. The number of hydrogen-bond acceptors (Lipinski definition) is 4. The summed E-state index contributed by atoms with van der Waals surface area (Å²) in [5.74, 6) is 0.0995. The molecule has 0 radical (unpaired) electrons. The van der Waals surface area contributed by atoms with Gasteiger partial charge < -0.3 is 5.11 Å². The third-order valence-corrected chi connectivity index (χ3v) is 4.60. The molecule has 0 bridgehead atoms. The molecule has 0 aromatic rings. The van der Waals surface area contributed by atoms with E-state index in [1.165, 1.54) is 0 Å². The number of aliphatic hydroxyl groups excluding tert-OH is 1. The second kappa shape index (κ2) is 3.22. The molecule has 2 unspecified atom stereocenters. The van der Waals surface area contributed by atoms with Crippen molar-refractivity contribution in [2.24, 2.45) is 0 Å². The third-order valence-electron chi connectivity index (χ3n) is 2.90. The second-order valence-corrected chi connectivity index (χ2v) is 6.11. The molecule has 0 aromatic carbocycles. The van der Waals surface area contributed by atoms with Crippen molar-refractivity contribution in [3.63, 3.8) is 0 Å². The van der Waals surface area contributed by atoms with Crippen LogP contribution in [0.5, 0.6) is 0 Å². The fourth-order valence-electron chi connectivity index (χ4n) is 2.23. The van der Waals surface area contributed by atoms with Crippen LogP contribution in [0, 0.1) is 0 Å². The minimum atomic E-state index is -2.97. The highest BCUT2D eigenvalue weighted by atomic mass is 32.2. The predicted molar refractivity (Wildman–Crippen MR) is 49.3 cm³/mol. The number of likely N-dealkylation sites (tertiary alicyclic amines) is 1. The van der Waals surface area contributed by atoms with Crippen LogP contribution in [0.4, 0.5) is 0 Å². The Kier molecular flexibility index (Phi) is 2.33. The molecule has 2 aliphatic heterocycles. The van der Waals surface area contributed by atoms with E-state index in [1.807, 2.05) is 0 Å². The lowest BCUT2D eigenvalue weighted by Gasteiger charge is -2.24. The number of aliphatic hydroxyl groups is 1. The van der Waals surface area contributed by atoms with E-state index in [0.717, 1.165) is 25.9 Å². The molecule has 2 heterocycles. The van der Waals surface area contributed by atoms with Gasteiger partial charge in [-0.1, -0.05) is 0 Å². The Labute approximate surface area is 78.5 Å². The molecule has 13 heavy (non-hydrogen) atoms. The van der Waals surface area contributed by atoms with Crippen molar-refractivity contribution in [1.29, 1.82) is 0 Å². The first-order chi connectivity index (χ1) is 6.08. The maximum Gasteiger partial charge on any atom is 0.154 e. The van der Waals surface area contributed by atoms with Crippen molar-refractivity contribution in [1.82, 2.24) is 4.90 Å². The van der Waals surface area contributed by atoms with Crippen molar-refractivity contribution in [3.8, 4) is 0 Å². The van der Waals surface area contributed by atoms with Crippen molar-refractivity contribution in [3.05, 3.63) is 0 Å². The first-order valence-electron chi connectivity index (χ1n) is 4.71. The smallest absolute Gasteiger partial charge is 0.154 e. The molecule has 0 amide bonds. The molecular weight excluding hydrogens is 190 g/mol. The van der Waals surface area contributed by atoms with Gasteiger partial charge in [0, 0.05) is 0 Å². The Balaban J connectivity index is 2.08. The highest BCUT2D eigenvalue weighted by molar-refractivity contribution is 7.91. The molecule has 2 atom stereocenters. The van der Waals surface area contributed by atoms with E-state index in [9.17, 15) is 13.5 Å². The van der Waals surface area contributed by atoms with Crippen LogP contribution in [0.2, 0.25) is 0 Å². The van der Waals surface area contributed by atoms with E-state index in [4.69, 9.17) is 0 Å². The Morgan fingerprint density at radius 1 is 1.15 bits per heavy atom. The molecule has 2 fully saturated rings. The van der Waals surface area contributed by atoms with E-state index in [0.29, 0.717) is 0 Å². The summed E-state index contributed by atoms with van der Waals surface area (Å²) in [5.41, 5.74) is 0. The summed E-state index contributed by atoms with van der Waals surface area (Å²) < 4.78 is 22.4. The van der Waals surface area contributed by atoms with E-state index in [-0.39, 0.29) is 17.5 Å². The average Bonchev–Trinajstić information content (AvgIpc) is 2.56. The molecule has 0 spiro atoms. The van der Waals surface area contributed by atoms with Crippen LogP contribution in [-0.2, 0) is 9.84 Å². The normalized spacial score (nSPS) is 39.8. The van der Waals surface area contributed by atoms with Gasteiger partial charge in [-0.3, -0.25) is 4.90 Å². The summed E-state index contributed by atoms with van der Waals surface area (Å²) >= 11 is 0. The Bertz CT molecular complexity index is 282. The molecule has 5 heteroatoms. The minimum absolute atomic E-state index is 0.0475. The van der Waals surface area contributed by atoms with Crippen LogP contribution in [0.15, 0.2) is 0 Å². The fourth-order valence-corrected chi connectivity index (χ4v) is 4.06. The zero-order valence-electron chi connectivity index (χ0n) is 7.52. The Hall–Kier alpha value is -0.130. The van der Waals surface area contributed by atoms with Crippen LogP contribution in [0.1, 0.15) is 12.8 Å². The van der Waals surface area contributed by atoms with Gasteiger partial charge in [-0.25, -0.2) is 8.42 Å². The molecule has 0 aromatic heterocycles. The van der Waals surface area contributed by atoms with E-state index < -0.39 is 15.9 Å². The molecule has 0 saturated carbocycles. The Morgan fingerprint density at radius 3 is 2.23 bits per heavy atom. The van der Waals surface area contributed by atoms with Crippen molar-refractivity contribution in [2.45, 2.75) is 25.0 Å². The maximum atomic E-state index is 11.2. The number of rotatable bonds is 1. The van der Waals surface area contributed by atoms with Crippen molar-refractivity contribution >= 4 is 9.84 Å². The highest BCUT2D eigenvalue weighted by Crippen LogP contribution is 2.22. The van der Waals surface area contributed by atoms with Crippen LogP contribution in [-0.4, -0.2) is 55.2 Å². The zero-order chi connectivity index (χ0) is 9.47. The van der Waals surface area contributed by atoms with Gasteiger partial charge in [0.15, 0.2) is 9.84 Å². The number of sulfone groups is 1. The lowest BCUT2D eigenvalue weighted by atomic mass is 10.2.